The van der Waals surface area contributed by atoms with Gasteiger partial charge in [-0.15, -0.1) is 0 Å². The molecule has 4 aromatic rings. The number of nitrogens with one attached hydrogen (secondary N) is 1. The molecule has 0 spiro atoms. The van der Waals surface area contributed by atoms with Crippen LogP contribution in [0.2, 0.25) is 0 Å². The lowest BCUT2D eigenvalue weighted by atomic mass is 9.84. The number of aromatic nitrogens is 2. The van der Waals surface area contributed by atoms with Gasteiger partial charge in [0, 0.05) is 33.3 Å². The molecule has 214 valence electrons. The van der Waals surface area contributed by atoms with Gasteiger partial charge in [0.2, 0.25) is 27.7 Å². The third-order valence-electron chi connectivity index (χ3n) is 6.95. The van der Waals surface area contributed by atoms with Gasteiger partial charge < -0.3 is 5.32 Å². The number of hydrogen-bond donors (Lipinski definition) is 2. The van der Waals surface area contributed by atoms with Crippen LogP contribution in [0, 0.1) is 5.92 Å². The zero-order valence-electron chi connectivity index (χ0n) is 21.3. The Morgan fingerprint density at radius 1 is 1.02 bits per heavy atom. The lowest BCUT2D eigenvalue weighted by Gasteiger charge is -2.30. The molecule has 42 heavy (non-hydrogen) atoms. The lowest BCUT2D eigenvalue weighted by Crippen LogP contribution is -2.33. The highest BCUT2D eigenvalue weighted by Gasteiger charge is 2.56. The molecule has 2 aromatic heterocycles. The maximum absolute atomic E-state index is 13.9. The number of thiazole rings is 1. The summed E-state index contributed by atoms with van der Waals surface area (Å²) in [5.41, 5.74) is 1.44. The van der Waals surface area contributed by atoms with Crippen molar-refractivity contribution in [3.63, 3.8) is 0 Å². The van der Waals surface area contributed by atoms with Gasteiger partial charge in [0.25, 0.3) is 0 Å². The van der Waals surface area contributed by atoms with Crippen LogP contribution in [0.25, 0.3) is 0 Å². The molecule has 0 radical (unpaired) electrons. The number of fused-ring (bicyclic) bond motifs is 2. The van der Waals surface area contributed by atoms with Crippen molar-refractivity contribution in [1.29, 1.82) is 0 Å². The number of anilines is 2. The number of thioether (sulfide) groups is 1. The summed E-state index contributed by atoms with van der Waals surface area (Å²) in [7, 11) is -3.89. The van der Waals surface area contributed by atoms with Gasteiger partial charge in [0.05, 0.1) is 21.5 Å². The minimum atomic E-state index is -3.89. The second-order valence-electron chi connectivity index (χ2n) is 9.56. The molecule has 0 bridgehead atoms. The van der Waals surface area contributed by atoms with Gasteiger partial charge in [-0.1, -0.05) is 45.1 Å². The predicted molar refractivity (Wildman–Crippen MR) is 161 cm³/mol. The van der Waals surface area contributed by atoms with Crippen molar-refractivity contribution < 1.29 is 22.8 Å². The number of rotatable bonds is 6. The summed E-state index contributed by atoms with van der Waals surface area (Å²) in [6, 6.07) is 15.7. The summed E-state index contributed by atoms with van der Waals surface area (Å²) in [6.45, 7) is -0.357. The van der Waals surface area contributed by atoms with Crippen molar-refractivity contribution in [1.82, 2.24) is 9.55 Å². The standard InChI is InChI=1S/C27H20BrN5O6S3/c28-15-3-7-17(8-4-15)33-24(35)21-20(14-2-1-11-30-12-14)23-26(40-22(21)25(33)36)32(27(37)41-23)13-19(34)31-16-5-9-18(10-6-16)42(29,38)39/h1-12,20-22H,13H2,(H,31,34)(H2,29,38,39)/t20-,21?,22?/m0/s1. The summed E-state index contributed by atoms with van der Waals surface area (Å²) in [6.07, 6.45) is 3.22. The molecule has 11 nitrogen and oxygen atoms in total. The van der Waals surface area contributed by atoms with Gasteiger partial charge in [-0.25, -0.2) is 18.5 Å². The number of pyridine rings is 1. The van der Waals surface area contributed by atoms with E-state index in [1.165, 1.54) is 33.7 Å². The molecule has 3 N–H and O–H groups in total. The molecule has 2 aliphatic rings. The summed E-state index contributed by atoms with van der Waals surface area (Å²) in [5, 5.41) is 7.39. The first-order chi connectivity index (χ1) is 20.0. The first-order valence-corrected chi connectivity index (χ1v) is 16.4. The number of nitrogens with zero attached hydrogens (tertiary/aromatic N) is 3. The predicted octanol–water partition coefficient (Wildman–Crippen LogP) is 3.15. The van der Waals surface area contributed by atoms with E-state index in [-0.39, 0.29) is 17.3 Å². The fraction of sp³-hybridized carbons (Fsp3) is 0.148. The summed E-state index contributed by atoms with van der Waals surface area (Å²) >= 11 is 5.42. The van der Waals surface area contributed by atoms with Crippen LogP contribution >= 0.6 is 39.0 Å². The average Bonchev–Trinajstić information content (AvgIpc) is 3.40. The Morgan fingerprint density at radius 2 is 1.74 bits per heavy atom. The number of carbonyl (C=O) groups is 3. The molecule has 2 unspecified atom stereocenters. The van der Waals surface area contributed by atoms with Gasteiger partial charge in [-0.3, -0.25) is 28.7 Å². The summed E-state index contributed by atoms with van der Waals surface area (Å²) < 4.78 is 25.1. The highest BCUT2D eigenvalue weighted by Crippen LogP contribution is 2.53. The number of sulfonamides is 1. The third-order valence-corrected chi connectivity index (χ3v) is 11.0. The molecule has 6 rings (SSSR count). The second kappa shape index (κ2) is 10.9. The molecule has 1 saturated heterocycles. The molecule has 0 saturated carbocycles. The zero-order valence-corrected chi connectivity index (χ0v) is 25.4. The van der Waals surface area contributed by atoms with Gasteiger partial charge >= 0.3 is 4.87 Å². The second-order valence-corrected chi connectivity index (χ2v) is 14.2. The van der Waals surface area contributed by atoms with E-state index < -0.39 is 43.8 Å². The van der Waals surface area contributed by atoms with E-state index in [0.29, 0.717) is 26.8 Å². The molecule has 3 atom stereocenters. The van der Waals surface area contributed by atoms with Gasteiger partial charge in [-0.2, -0.15) is 0 Å². The average molecular weight is 687 g/mol. The van der Waals surface area contributed by atoms with E-state index in [4.69, 9.17) is 5.14 Å². The van der Waals surface area contributed by atoms with Gasteiger partial charge in [-0.05, 0) is 60.2 Å². The number of amides is 3. The Balaban J connectivity index is 1.35. The van der Waals surface area contributed by atoms with E-state index in [1.54, 1.807) is 48.8 Å². The van der Waals surface area contributed by atoms with Crippen molar-refractivity contribution in [2.75, 3.05) is 10.2 Å². The number of carbonyl (C=O) groups excluding carboxylic acids is 3. The molecule has 15 heteroatoms. The first kappa shape index (κ1) is 28.5. The Labute approximate surface area is 255 Å². The maximum atomic E-state index is 13.9. The zero-order chi connectivity index (χ0) is 29.8. The highest BCUT2D eigenvalue weighted by molar-refractivity contribution is 9.10. The van der Waals surface area contributed by atoms with Crippen molar-refractivity contribution >= 4 is 78.1 Å². The molecular weight excluding hydrogens is 666 g/mol. The minimum absolute atomic E-state index is 0.107. The first-order valence-electron chi connectivity index (χ1n) is 12.4. The normalized spacial score (nSPS) is 19.9. The number of primary sulfonamides is 1. The van der Waals surface area contributed by atoms with Gasteiger partial charge in [0.1, 0.15) is 11.8 Å². The summed E-state index contributed by atoms with van der Waals surface area (Å²) in [5.74, 6) is -2.70. The lowest BCUT2D eigenvalue weighted by molar-refractivity contribution is -0.122. The van der Waals surface area contributed by atoms with Crippen LogP contribution in [0.1, 0.15) is 16.4 Å². The molecule has 4 heterocycles. The molecule has 1 fully saturated rings. The van der Waals surface area contributed by atoms with Crippen LogP contribution in [-0.4, -0.2) is 40.9 Å². The SMILES string of the molecule is NS(=O)(=O)c1ccc(NC(=O)Cn2c3c(sc2=O)[C@@H](c2cccnc2)C2C(=O)N(c4ccc(Br)cc4)C(=O)C2S3)cc1. The van der Waals surface area contributed by atoms with Crippen LogP contribution in [0.15, 0.2) is 92.2 Å². The fourth-order valence-electron chi connectivity index (χ4n) is 5.09. The topological polar surface area (TPSA) is 162 Å². The van der Waals surface area contributed by atoms with E-state index in [1.807, 2.05) is 0 Å². The Hall–Kier alpha value is -3.63. The monoisotopic (exact) mass is 685 g/mol. The van der Waals surface area contributed by atoms with Crippen molar-refractivity contribution in [2.45, 2.75) is 27.6 Å². The minimum Gasteiger partial charge on any atom is -0.325 e. The van der Waals surface area contributed by atoms with E-state index in [0.717, 1.165) is 27.6 Å². The van der Waals surface area contributed by atoms with E-state index in [9.17, 15) is 27.6 Å². The number of imide groups is 1. The van der Waals surface area contributed by atoms with Crippen LogP contribution in [0.5, 0.6) is 0 Å². The van der Waals surface area contributed by atoms with Crippen molar-refractivity contribution in [2.24, 2.45) is 11.1 Å². The summed E-state index contributed by atoms with van der Waals surface area (Å²) in [4.78, 5) is 59.3. The molecule has 2 aromatic carbocycles. The fourth-order valence-corrected chi connectivity index (χ4v) is 8.64. The smallest absolute Gasteiger partial charge is 0.308 e. The van der Waals surface area contributed by atoms with Crippen molar-refractivity contribution in [3.05, 3.63) is 97.6 Å². The van der Waals surface area contributed by atoms with Gasteiger partial charge in [0.15, 0.2) is 0 Å². The third kappa shape index (κ3) is 5.11. The van der Waals surface area contributed by atoms with Crippen LogP contribution in [-0.2, 0) is 31.0 Å². The molecule has 3 amide bonds. The largest absolute Gasteiger partial charge is 0.325 e. The van der Waals surface area contributed by atoms with Crippen LogP contribution in [0.4, 0.5) is 11.4 Å². The number of hydrogen-bond acceptors (Lipinski definition) is 9. The number of nitrogens with two attached hydrogens (primary N) is 1. The number of benzene rings is 2. The Morgan fingerprint density at radius 3 is 2.38 bits per heavy atom. The quantitative estimate of drug-likeness (QED) is 0.293. The molecule has 0 aliphatic carbocycles. The molecular formula is C27H20BrN5O6S3. The van der Waals surface area contributed by atoms with E-state index >= 15 is 0 Å². The number of halogens is 1. The Kier molecular flexibility index (Phi) is 7.39. The van der Waals surface area contributed by atoms with E-state index in [2.05, 4.69) is 26.2 Å². The van der Waals surface area contributed by atoms with Crippen LogP contribution < -0.4 is 20.2 Å². The maximum Gasteiger partial charge on any atom is 0.308 e. The van der Waals surface area contributed by atoms with Crippen molar-refractivity contribution in [3.8, 4) is 0 Å². The van der Waals surface area contributed by atoms with Crippen LogP contribution in [0.3, 0.4) is 0 Å². The molecule has 2 aliphatic heterocycles. The highest BCUT2D eigenvalue weighted by atomic mass is 79.9. The Bertz CT molecular complexity index is 1890.